The Hall–Kier alpha value is -2.48. The molecule has 8 heteroatoms. The van der Waals surface area contributed by atoms with Gasteiger partial charge in [0.1, 0.15) is 5.82 Å². The number of hydrogen-bond acceptors (Lipinski definition) is 6. The molecule has 0 saturated heterocycles. The predicted octanol–water partition coefficient (Wildman–Crippen LogP) is 2.08. The number of phenols is 1. The standard InChI is InChI=1S/C17H19N3O4S/c1-4-25-17-19-16(23)14-10(8-13(22)18-15(14)20(17)2)9-5-6-11(21)12(7-9)24-3/h5-7,10,21H,4,8H2,1-3H3,(H,18,22)/t10-/m0/s1. The zero-order chi connectivity index (χ0) is 18.1. The highest BCUT2D eigenvalue weighted by atomic mass is 32.2. The van der Waals surface area contributed by atoms with Gasteiger partial charge in [-0.05, 0) is 23.4 Å². The number of nitrogens with zero attached hydrogens (tertiary/aromatic N) is 2. The van der Waals surface area contributed by atoms with Crippen molar-refractivity contribution in [1.29, 1.82) is 0 Å². The van der Waals surface area contributed by atoms with Crippen molar-refractivity contribution in [3.8, 4) is 11.5 Å². The Balaban J connectivity index is 2.18. The number of aromatic nitrogens is 2. The van der Waals surface area contributed by atoms with Gasteiger partial charge in [0.05, 0.1) is 12.7 Å². The van der Waals surface area contributed by atoms with Crippen molar-refractivity contribution in [2.24, 2.45) is 7.05 Å². The van der Waals surface area contributed by atoms with Gasteiger partial charge in [-0.15, -0.1) is 0 Å². The maximum Gasteiger partial charge on any atom is 0.279 e. The molecule has 0 radical (unpaired) electrons. The van der Waals surface area contributed by atoms with Gasteiger partial charge in [0.2, 0.25) is 5.91 Å². The summed E-state index contributed by atoms with van der Waals surface area (Å²) >= 11 is 1.44. The van der Waals surface area contributed by atoms with Crippen molar-refractivity contribution in [2.45, 2.75) is 24.4 Å². The summed E-state index contributed by atoms with van der Waals surface area (Å²) in [7, 11) is 3.23. The Morgan fingerprint density at radius 3 is 2.88 bits per heavy atom. The zero-order valence-electron chi connectivity index (χ0n) is 14.2. The van der Waals surface area contributed by atoms with E-state index in [1.54, 1.807) is 23.7 Å². The van der Waals surface area contributed by atoms with E-state index >= 15 is 0 Å². The largest absolute Gasteiger partial charge is 0.504 e. The highest BCUT2D eigenvalue weighted by molar-refractivity contribution is 7.99. The van der Waals surface area contributed by atoms with Crippen molar-refractivity contribution in [2.75, 3.05) is 18.2 Å². The second-order valence-corrected chi connectivity index (χ2v) is 6.92. The molecule has 132 valence electrons. The topological polar surface area (TPSA) is 93.5 Å². The lowest BCUT2D eigenvalue weighted by Gasteiger charge is -2.27. The summed E-state index contributed by atoms with van der Waals surface area (Å²) in [6.07, 6.45) is 0.137. The molecule has 3 rings (SSSR count). The van der Waals surface area contributed by atoms with E-state index in [9.17, 15) is 14.7 Å². The molecule has 2 N–H and O–H groups in total. The van der Waals surface area contributed by atoms with Crippen LogP contribution < -0.4 is 15.6 Å². The highest BCUT2D eigenvalue weighted by Gasteiger charge is 2.32. The van der Waals surface area contributed by atoms with Gasteiger partial charge < -0.3 is 19.7 Å². The van der Waals surface area contributed by atoms with Crippen LogP contribution in [0, 0.1) is 0 Å². The summed E-state index contributed by atoms with van der Waals surface area (Å²) in [4.78, 5) is 29.1. The molecule has 1 aliphatic heterocycles. The van der Waals surface area contributed by atoms with E-state index < -0.39 is 5.92 Å². The lowest BCUT2D eigenvalue weighted by Crippen LogP contribution is -2.33. The third-order valence-corrected chi connectivity index (χ3v) is 5.09. The van der Waals surface area contributed by atoms with Crippen LogP contribution in [0.5, 0.6) is 11.5 Å². The average molecular weight is 361 g/mol. The van der Waals surface area contributed by atoms with Crippen molar-refractivity contribution in [3.05, 3.63) is 39.7 Å². The molecule has 0 unspecified atom stereocenters. The Kier molecular flexibility index (Phi) is 4.71. The van der Waals surface area contributed by atoms with E-state index in [0.717, 1.165) is 11.3 Å². The number of amides is 1. The lowest BCUT2D eigenvalue weighted by molar-refractivity contribution is -0.116. The van der Waals surface area contributed by atoms with Gasteiger partial charge in [0.15, 0.2) is 16.7 Å². The minimum atomic E-state index is -0.440. The number of thioether (sulfide) groups is 1. The number of hydrogen-bond donors (Lipinski definition) is 2. The molecular weight excluding hydrogens is 342 g/mol. The third-order valence-electron chi connectivity index (χ3n) is 4.18. The van der Waals surface area contributed by atoms with Crippen LogP contribution in [0.4, 0.5) is 5.82 Å². The molecule has 2 heterocycles. The van der Waals surface area contributed by atoms with Crippen molar-refractivity contribution >= 4 is 23.5 Å². The van der Waals surface area contributed by atoms with Crippen LogP contribution in [-0.2, 0) is 11.8 Å². The van der Waals surface area contributed by atoms with Crippen LogP contribution in [0.3, 0.4) is 0 Å². The molecule has 0 fully saturated rings. The number of benzene rings is 1. The SMILES string of the molecule is CCSc1nc(=O)c2c(n1C)NC(=O)C[C@H]2c1ccc(O)c(OC)c1. The first-order valence-corrected chi connectivity index (χ1v) is 8.85. The van der Waals surface area contributed by atoms with E-state index in [4.69, 9.17) is 4.74 Å². The van der Waals surface area contributed by atoms with Gasteiger partial charge in [-0.1, -0.05) is 24.8 Å². The van der Waals surface area contributed by atoms with E-state index in [-0.39, 0.29) is 23.6 Å². The van der Waals surface area contributed by atoms with Crippen LogP contribution in [0.15, 0.2) is 28.2 Å². The van der Waals surface area contributed by atoms with Gasteiger partial charge in [0, 0.05) is 19.4 Å². The minimum Gasteiger partial charge on any atom is -0.504 e. The molecule has 1 aromatic heterocycles. The summed E-state index contributed by atoms with van der Waals surface area (Å²) < 4.78 is 6.89. The Morgan fingerprint density at radius 2 is 2.20 bits per heavy atom. The van der Waals surface area contributed by atoms with E-state index in [0.29, 0.717) is 22.3 Å². The number of carbonyl (C=O) groups excluding carboxylic acids is 1. The highest BCUT2D eigenvalue weighted by Crippen LogP contribution is 2.38. The lowest BCUT2D eigenvalue weighted by atomic mass is 9.86. The molecule has 1 amide bonds. The van der Waals surface area contributed by atoms with Gasteiger partial charge >= 0.3 is 0 Å². The molecule has 25 heavy (non-hydrogen) atoms. The molecule has 1 atom stereocenters. The number of ether oxygens (including phenoxy) is 1. The maximum absolute atomic E-state index is 12.7. The summed E-state index contributed by atoms with van der Waals surface area (Å²) in [6, 6.07) is 4.84. The van der Waals surface area contributed by atoms with Gasteiger partial charge in [-0.2, -0.15) is 4.98 Å². The smallest absolute Gasteiger partial charge is 0.279 e. The molecular formula is C17H19N3O4S. The number of fused-ring (bicyclic) bond motifs is 1. The minimum absolute atomic E-state index is 0.00690. The fourth-order valence-corrected chi connectivity index (χ4v) is 3.68. The summed E-state index contributed by atoms with van der Waals surface area (Å²) in [5.74, 6) is 0.944. The first kappa shape index (κ1) is 17.3. The number of rotatable bonds is 4. The number of phenolic OH excluding ortho intramolecular Hbond substituents is 1. The van der Waals surface area contributed by atoms with Crippen molar-refractivity contribution < 1.29 is 14.6 Å². The monoisotopic (exact) mass is 361 g/mol. The summed E-state index contributed by atoms with van der Waals surface area (Å²) in [5.41, 5.74) is 0.830. The fraction of sp³-hybridized carbons (Fsp3) is 0.353. The molecule has 0 bridgehead atoms. The molecule has 1 aliphatic rings. The Morgan fingerprint density at radius 1 is 1.44 bits per heavy atom. The fourth-order valence-electron chi connectivity index (χ4n) is 2.99. The first-order chi connectivity index (χ1) is 12.0. The van der Waals surface area contributed by atoms with E-state index in [1.807, 2.05) is 6.92 Å². The molecule has 1 aromatic carbocycles. The van der Waals surface area contributed by atoms with Crippen LogP contribution in [-0.4, -0.2) is 33.4 Å². The molecule has 2 aromatic rings. The number of methoxy groups -OCH3 is 1. The van der Waals surface area contributed by atoms with Crippen LogP contribution in [0.25, 0.3) is 0 Å². The summed E-state index contributed by atoms with van der Waals surface area (Å²) in [6.45, 7) is 1.97. The number of anilines is 1. The number of aromatic hydroxyl groups is 1. The van der Waals surface area contributed by atoms with Crippen LogP contribution >= 0.6 is 11.8 Å². The number of carbonyl (C=O) groups is 1. The Labute approximate surface area is 149 Å². The van der Waals surface area contributed by atoms with Crippen LogP contribution in [0.2, 0.25) is 0 Å². The number of nitrogens with one attached hydrogen (secondary N) is 1. The third kappa shape index (κ3) is 3.09. The van der Waals surface area contributed by atoms with E-state index in [2.05, 4.69) is 10.3 Å². The maximum atomic E-state index is 12.7. The second-order valence-electron chi connectivity index (χ2n) is 5.69. The molecule has 7 nitrogen and oxygen atoms in total. The van der Waals surface area contributed by atoms with Gasteiger partial charge in [-0.3, -0.25) is 9.59 Å². The Bertz CT molecular complexity index is 894. The average Bonchev–Trinajstić information content (AvgIpc) is 2.59. The first-order valence-electron chi connectivity index (χ1n) is 7.86. The zero-order valence-corrected chi connectivity index (χ0v) is 15.0. The van der Waals surface area contributed by atoms with Crippen molar-refractivity contribution in [3.63, 3.8) is 0 Å². The van der Waals surface area contributed by atoms with Crippen molar-refractivity contribution in [1.82, 2.24) is 9.55 Å². The predicted molar refractivity (Wildman–Crippen MR) is 95.6 cm³/mol. The molecule has 0 aliphatic carbocycles. The second kappa shape index (κ2) is 6.79. The van der Waals surface area contributed by atoms with Gasteiger partial charge in [-0.25, -0.2) is 0 Å². The summed E-state index contributed by atoms with van der Waals surface area (Å²) in [5, 5.41) is 13.2. The van der Waals surface area contributed by atoms with Gasteiger partial charge in [0.25, 0.3) is 5.56 Å². The van der Waals surface area contributed by atoms with E-state index in [1.165, 1.54) is 24.9 Å². The quantitative estimate of drug-likeness (QED) is 0.640. The molecule has 0 spiro atoms. The normalized spacial score (nSPS) is 16.3. The van der Waals surface area contributed by atoms with Crippen LogP contribution in [0.1, 0.15) is 30.4 Å². The molecule has 0 saturated carbocycles.